The number of benzene rings is 1. The molecule has 1 aromatic carbocycles. The molecular formula is C18H24N4OS. The largest absolute Gasteiger partial charge is 0.355 e. The third-order valence-corrected chi connectivity index (χ3v) is 4.45. The third-order valence-electron chi connectivity index (χ3n) is 3.48. The van der Waals surface area contributed by atoms with Gasteiger partial charge in [0.05, 0.1) is 5.75 Å². The standard InChI is InChI=1S/C18H24N4OS/c1-4-12-22-17(14(2)3)20-21-18(22)24-13-16(23)19-11-10-15-8-6-5-7-9-15/h4-9,14H,1,10-13H2,2-3H3,(H,19,23). The molecule has 24 heavy (non-hydrogen) atoms. The maximum absolute atomic E-state index is 12.0. The number of allylic oxidation sites excluding steroid dienone is 1. The van der Waals surface area contributed by atoms with E-state index in [0.29, 0.717) is 18.8 Å². The lowest BCUT2D eigenvalue weighted by Gasteiger charge is -2.09. The highest BCUT2D eigenvalue weighted by atomic mass is 32.2. The van der Waals surface area contributed by atoms with Crippen molar-refractivity contribution in [3.63, 3.8) is 0 Å². The summed E-state index contributed by atoms with van der Waals surface area (Å²) in [6.07, 6.45) is 2.65. The van der Waals surface area contributed by atoms with Crippen molar-refractivity contribution in [2.45, 2.75) is 37.9 Å². The second kappa shape index (κ2) is 9.27. The number of nitrogens with one attached hydrogen (secondary N) is 1. The van der Waals surface area contributed by atoms with Crippen LogP contribution in [0.3, 0.4) is 0 Å². The van der Waals surface area contributed by atoms with Gasteiger partial charge < -0.3 is 9.88 Å². The number of carbonyl (C=O) groups excluding carboxylic acids is 1. The minimum atomic E-state index is 0.00943. The molecule has 0 saturated heterocycles. The van der Waals surface area contributed by atoms with Gasteiger partial charge in [0, 0.05) is 19.0 Å². The lowest BCUT2D eigenvalue weighted by atomic mass is 10.1. The van der Waals surface area contributed by atoms with Crippen LogP contribution >= 0.6 is 11.8 Å². The van der Waals surface area contributed by atoms with E-state index < -0.39 is 0 Å². The van der Waals surface area contributed by atoms with E-state index in [1.54, 1.807) is 0 Å². The Labute approximate surface area is 147 Å². The van der Waals surface area contributed by atoms with Crippen molar-refractivity contribution in [1.29, 1.82) is 0 Å². The number of nitrogens with zero attached hydrogens (tertiary/aromatic N) is 3. The predicted molar refractivity (Wildman–Crippen MR) is 98.2 cm³/mol. The van der Waals surface area contributed by atoms with E-state index in [1.807, 2.05) is 28.8 Å². The van der Waals surface area contributed by atoms with Gasteiger partial charge in [0.2, 0.25) is 5.91 Å². The van der Waals surface area contributed by atoms with Crippen LogP contribution in [-0.2, 0) is 17.8 Å². The van der Waals surface area contributed by atoms with Crippen molar-refractivity contribution < 1.29 is 4.79 Å². The second-order valence-corrected chi connectivity index (χ2v) is 6.71. The van der Waals surface area contributed by atoms with Gasteiger partial charge in [-0.05, 0) is 12.0 Å². The molecule has 1 aromatic heterocycles. The molecule has 1 N–H and O–H groups in total. The summed E-state index contributed by atoms with van der Waals surface area (Å²) < 4.78 is 2.01. The average Bonchev–Trinajstić information content (AvgIpc) is 2.97. The second-order valence-electron chi connectivity index (χ2n) is 5.77. The highest BCUT2D eigenvalue weighted by Gasteiger charge is 2.15. The monoisotopic (exact) mass is 344 g/mol. The van der Waals surface area contributed by atoms with Gasteiger partial charge in [0.15, 0.2) is 5.16 Å². The molecule has 0 spiro atoms. The van der Waals surface area contributed by atoms with Crippen molar-refractivity contribution >= 4 is 17.7 Å². The van der Waals surface area contributed by atoms with Crippen molar-refractivity contribution in [3.8, 4) is 0 Å². The molecule has 0 saturated carbocycles. The number of rotatable bonds is 9. The Kier molecular flexibility index (Phi) is 7.06. The molecule has 5 nitrogen and oxygen atoms in total. The van der Waals surface area contributed by atoms with Crippen molar-refractivity contribution in [1.82, 2.24) is 20.1 Å². The Morgan fingerprint density at radius 3 is 2.75 bits per heavy atom. The summed E-state index contributed by atoms with van der Waals surface area (Å²) in [6.45, 7) is 9.22. The first-order valence-electron chi connectivity index (χ1n) is 8.09. The summed E-state index contributed by atoms with van der Waals surface area (Å²) in [7, 11) is 0. The average molecular weight is 344 g/mol. The molecular weight excluding hydrogens is 320 g/mol. The van der Waals surface area contributed by atoms with Crippen LogP contribution in [0.15, 0.2) is 48.1 Å². The Bertz CT molecular complexity index is 667. The quantitative estimate of drug-likeness (QED) is 0.561. The summed E-state index contributed by atoms with van der Waals surface area (Å²) in [5.74, 6) is 1.55. The number of aromatic nitrogens is 3. The normalized spacial score (nSPS) is 10.8. The molecule has 1 amide bonds. The van der Waals surface area contributed by atoms with E-state index >= 15 is 0 Å². The molecule has 0 radical (unpaired) electrons. The van der Waals surface area contributed by atoms with E-state index in [9.17, 15) is 4.79 Å². The van der Waals surface area contributed by atoms with Crippen LogP contribution in [0.5, 0.6) is 0 Å². The zero-order valence-electron chi connectivity index (χ0n) is 14.2. The Morgan fingerprint density at radius 2 is 2.08 bits per heavy atom. The van der Waals surface area contributed by atoms with E-state index in [4.69, 9.17) is 0 Å². The van der Waals surface area contributed by atoms with E-state index in [-0.39, 0.29) is 11.8 Å². The number of hydrogen-bond acceptors (Lipinski definition) is 4. The molecule has 2 rings (SSSR count). The lowest BCUT2D eigenvalue weighted by Crippen LogP contribution is -2.27. The summed E-state index contributed by atoms with van der Waals surface area (Å²) in [4.78, 5) is 12.0. The SMILES string of the molecule is C=CCn1c(SCC(=O)NCCc2ccccc2)nnc1C(C)C. The number of hydrogen-bond donors (Lipinski definition) is 1. The van der Waals surface area contributed by atoms with Crippen molar-refractivity contribution in [2.24, 2.45) is 0 Å². The number of thioether (sulfide) groups is 1. The molecule has 128 valence electrons. The van der Waals surface area contributed by atoms with Gasteiger partial charge >= 0.3 is 0 Å². The van der Waals surface area contributed by atoms with Gasteiger partial charge in [-0.25, -0.2) is 0 Å². The molecule has 0 aliphatic carbocycles. The Hall–Kier alpha value is -2.08. The van der Waals surface area contributed by atoms with Gasteiger partial charge in [-0.2, -0.15) is 0 Å². The minimum Gasteiger partial charge on any atom is -0.355 e. The van der Waals surface area contributed by atoms with Gasteiger partial charge in [-0.3, -0.25) is 4.79 Å². The van der Waals surface area contributed by atoms with Gasteiger partial charge in [0.1, 0.15) is 5.82 Å². The first-order valence-corrected chi connectivity index (χ1v) is 9.07. The Balaban J connectivity index is 1.82. The van der Waals surface area contributed by atoms with Crippen molar-refractivity contribution in [3.05, 3.63) is 54.4 Å². The van der Waals surface area contributed by atoms with Crippen LogP contribution in [0.25, 0.3) is 0 Å². The third kappa shape index (κ3) is 5.23. The summed E-state index contributed by atoms with van der Waals surface area (Å²) in [5, 5.41) is 12.1. The predicted octanol–water partition coefficient (Wildman–Crippen LogP) is 3.04. The maximum atomic E-state index is 12.0. The fourth-order valence-electron chi connectivity index (χ4n) is 2.31. The van der Waals surface area contributed by atoms with Crippen LogP contribution in [0.2, 0.25) is 0 Å². The van der Waals surface area contributed by atoms with Crippen molar-refractivity contribution in [2.75, 3.05) is 12.3 Å². The highest BCUT2D eigenvalue weighted by molar-refractivity contribution is 7.99. The molecule has 0 atom stereocenters. The molecule has 0 aliphatic heterocycles. The van der Waals surface area contributed by atoms with Gasteiger partial charge in [0.25, 0.3) is 0 Å². The van der Waals surface area contributed by atoms with Gasteiger partial charge in [-0.1, -0.05) is 62.0 Å². The van der Waals surface area contributed by atoms with E-state index in [1.165, 1.54) is 17.3 Å². The zero-order chi connectivity index (χ0) is 17.4. The number of amides is 1. The van der Waals surface area contributed by atoms with Crippen LogP contribution in [0.4, 0.5) is 0 Å². The minimum absolute atomic E-state index is 0.00943. The van der Waals surface area contributed by atoms with Crippen LogP contribution in [0.1, 0.15) is 31.2 Å². The fourth-order valence-corrected chi connectivity index (χ4v) is 3.09. The molecule has 2 aromatic rings. The zero-order valence-corrected chi connectivity index (χ0v) is 15.1. The van der Waals surface area contributed by atoms with Crippen LogP contribution in [-0.4, -0.2) is 33.0 Å². The maximum Gasteiger partial charge on any atom is 0.230 e. The topological polar surface area (TPSA) is 59.8 Å². The molecule has 1 heterocycles. The summed E-state index contributed by atoms with van der Waals surface area (Å²) >= 11 is 1.41. The molecule has 0 fully saturated rings. The molecule has 0 bridgehead atoms. The lowest BCUT2D eigenvalue weighted by molar-refractivity contribution is -0.118. The fraction of sp³-hybridized carbons (Fsp3) is 0.389. The van der Waals surface area contributed by atoms with E-state index in [2.05, 4.69) is 48.1 Å². The highest BCUT2D eigenvalue weighted by Crippen LogP contribution is 2.21. The first kappa shape index (κ1) is 18.3. The first-order chi connectivity index (χ1) is 11.6. The van der Waals surface area contributed by atoms with Crippen LogP contribution < -0.4 is 5.32 Å². The molecule has 6 heteroatoms. The van der Waals surface area contributed by atoms with E-state index in [0.717, 1.165) is 17.4 Å². The summed E-state index contributed by atoms with van der Waals surface area (Å²) in [5.41, 5.74) is 1.22. The number of carbonyl (C=O) groups is 1. The van der Waals surface area contributed by atoms with Gasteiger partial charge in [-0.15, -0.1) is 16.8 Å². The van der Waals surface area contributed by atoms with Crippen LogP contribution in [0, 0.1) is 0 Å². The summed E-state index contributed by atoms with van der Waals surface area (Å²) in [6, 6.07) is 10.1. The smallest absolute Gasteiger partial charge is 0.230 e. The molecule has 0 unspecified atom stereocenters. The molecule has 0 aliphatic rings. The Morgan fingerprint density at radius 1 is 1.33 bits per heavy atom.